The van der Waals surface area contributed by atoms with Crippen LogP contribution in [0.1, 0.15) is 5.89 Å². The van der Waals surface area contributed by atoms with Gasteiger partial charge < -0.3 is 9.73 Å². The zero-order valence-corrected chi connectivity index (χ0v) is 10.3. The molecule has 1 aromatic carbocycles. The summed E-state index contributed by atoms with van der Waals surface area (Å²) in [5.41, 5.74) is 0.989. The van der Waals surface area contributed by atoms with Crippen LogP contribution in [0, 0.1) is 4.84 Å². The minimum absolute atomic E-state index is 0.283. The van der Waals surface area contributed by atoms with Gasteiger partial charge in [0.2, 0.25) is 5.89 Å². The molecule has 0 saturated heterocycles. The fourth-order valence-electron chi connectivity index (χ4n) is 1.44. The number of hydrogen-bond acceptors (Lipinski definition) is 6. The van der Waals surface area contributed by atoms with Crippen molar-refractivity contribution >= 4 is 38.9 Å². The van der Waals surface area contributed by atoms with Gasteiger partial charge in [0.25, 0.3) is 4.84 Å². The van der Waals surface area contributed by atoms with Crippen molar-refractivity contribution < 1.29 is 4.42 Å². The largest absolute Gasteiger partial charge is 0.412 e. The summed E-state index contributed by atoms with van der Waals surface area (Å²) in [5.74, 6) is 0.522. The van der Waals surface area contributed by atoms with Crippen molar-refractivity contribution in [2.24, 2.45) is 0 Å². The predicted molar refractivity (Wildman–Crippen MR) is 68.6 cm³/mol. The number of benzene rings is 1. The highest BCUT2D eigenvalue weighted by Gasteiger charge is 2.04. The average Bonchev–Trinajstić information content (AvgIpc) is 2.91. The van der Waals surface area contributed by atoms with Gasteiger partial charge in [-0.1, -0.05) is 23.5 Å². The summed E-state index contributed by atoms with van der Waals surface area (Å²) in [6.45, 7) is 0.465. The van der Waals surface area contributed by atoms with Crippen molar-refractivity contribution in [1.29, 1.82) is 0 Å². The molecule has 86 valence electrons. The number of nitrogens with one attached hydrogen (secondary N) is 2. The lowest BCUT2D eigenvalue weighted by Crippen LogP contribution is -1.98. The summed E-state index contributed by atoms with van der Waals surface area (Å²) in [6, 6.07) is 7.99. The molecule has 3 aromatic rings. The van der Waals surface area contributed by atoms with E-state index in [1.54, 1.807) is 11.3 Å². The molecule has 17 heavy (non-hydrogen) atoms. The number of aromatic nitrogens is 3. The number of thiazole rings is 1. The monoisotopic (exact) mass is 264 g/mol. The summed E-state index contributed by atoms with van der Waals surface area (Å²) in [6.07, 6.45) is 0. The van der Waals surface area contributed by atoms with Crippen LogP contribution in [0.15, 0.2) is 28.7 Å². The van der Waals surface area contributed by atoms with E-state index in [9.17, 15) is 0 Å². The third kappa shape index (κ3) is 2.20. The van der Waals surface area contributed by atoms with Gasteiger partial charge in [0, 0.05) is 0 Å². The van der Waals surface area contributed by atoms with Crippen molar-refractivity contribution in [2.75, 3.05) is 5.32 Å². The van der Waals surface area contributed by atoms with Crippen molar-refractivity contribution in [3.8, 4) is 0 Å². The maximum absolute atomic E-state index is 5.14. The molecule has 0 unspecified atom stereocenters. The molecule has 0 aliphatic rings. The van der Waals surface area contributed by atoms with Crippen molar-refractivity contribution in [1.82, 2.24) is 15.2 Å². The topological polar surface area (TPSA) is 66.7 Å². The molecule has 0 spiro atoms. The second-order valence-corrected chi connectivity index (χ2v) is 4.75. The molecule has 2 N–H and O–H groups in total. The van der Waals surface area contributed by atoms with Crippen LogP contribution in [0.5, 0.6) is 0 Å². The first-order valence-electron chi connectivity index (χ1n) is 4.95. The maximum atomic E-state index is 5.14. The molecule has 0 bridgehead atoms. The van der Waals surface area contributed by atoms with Crippen LogP contribution in [0.4, 0.5) is 5.13 Å². The number of hydrogen-bond donors (Lipinski definition) is 2. The molecule has 0 amide bonds. The van der Waals surface area contributed by atoms with Gasteiger partial charge in [-0.3, -0.25) is 0 Å². The van der Waals surface area contributed by atoms with Gasteiger partial charge in [-0.15, -0.1) is 5.10 Å². The zero-order valence-electron chi connectivity index (χ0n) is 8.64. The molecule has 0 fully saturated rings. The Hall–Kier alpha value is -1.73. The molecular weight excluding hydrogens is 256 g/mol. The van der Waals surface area contributed by atoms with Gasteiger partial charge in [-0.25, -0.2) is 10.1 Å². The smallest absolute Gasteiger partial charge is 0.284 e. The summed E-state index contributed by atoms with van der Waals surface area (Å²) in [4.78, 5) is 4.72. The van der Waals surface area contributed by atoms with Gasteiger partial charge in [-0.05, 0) is 24.4 Å². The molecule has 0 radical (unpaired) electrons. The number of rotatable bonds is 3. The van der Waals surface area contributed by atoms with E-state index in [1.165, 1.54) is 0 Å². The van der Waals surface area contributed by atoms with Gasteiger partial charge >= 0.3 is 0 Å². The van der Waals surface area contributed by atoms with E-state index in [2.05, 4.69) is 20.5 Å². The summed E-state index contributed by atoms with van der Waals surface area (Å²) >= 11 is 6.39. The Bertz CT molecular complexity index is 666. The second-order valence-electron chi connectivity index (χ2n) is 3.35. The fraction of sp³-hybridized carbons (Fsp3) is 0.100. The highest BCUT2D eigenvalue weighted by atomic mass is 32.1. The molecule has 5 nitrogen and oxygen atoms in total. The van der Waals surface area contributed by atoms with E-state index < -0.39 is 0 Å². The number of aromatic amines is 1. The summed E-state index contributed by atoms with van der Waals surface area (Å²) in [5, 5.41) is 10.5. The number of fused-ring (bicyclic) bond motifs is 1. The first-order chi connectivity index (χ1) is 8.31. The first kappa shape index (κ1) is 10.4. The molecule has 3 rings (SSSR count). The van der Waals surface area contributed by atoms with E-state index in [4.69, 9.17) is 16.6 Å². The first-order valence-corrected chi connectivity index (χ1v) is 6.17. The standard InChI is InChI=1S/C10H8N4OS2/c16-10-14-13-8(15-10)5-11-9-12-6-3-1-2-4-7(6)17-9/h1-4H,5H2,(H,11,12)(H,14,16). The van der Waals surface area contributed by atoms with E-state index in [0.29, 0.717) is 12.4 Å². The molecule has 0 atom stereocenters. The Morgan fingerprint density at radius 2 is 2.29 bits per heavy atom. The Kier molecular flexibility index (Phi) is 2.62. The second kappa shape index (κ2) is 4.27. The number of nitrogens with zero attached hydrogens (tertiary/aromatic N) is 2. The highest BCUT2D eigenvalue weighted by Crippen LogP contribution is 2.25. The highest BCUT2D eigenvalue weighted by molar-refractivity contribution is 7.71. The number of para-hydroxylation sites is 1. The van der Waals surface area contributed by atoms with Crippen LogP contribution >= 0.6 is 23.6 Å². The lowest BCUT2D eigenvalue weighted by Gasteiger charge is -1.95. The summed E-state index contributed by atoms with van der Waals surface area (Å²) in [7, 11) is 0. The third-order valence-electron chi connectivity index (χ3n) is 2.17. The lowest BCUT2D eigenvalue weighted by atomic mass is 10.3. The zero-order chi connectivity index (χ0) is 11.7. The SMILES string of the molecule is S=c1[nH]nc(CNc2nc3ccccc3s2)o1. The summed E-state index contributed by atoms with van der Waals surface area (Å²) < 4.78 is 6.29. The van der Waals surface area contributed by atoms with E-state index in [1.807, 2.05) is 24.3 Å². The van der Waals surface area contributed by atoms with E-state index in [-0.39, 0.29) is 4.84 Å². The van der Waals surface area contributed by atoms with Crippen LogP contribution < -0.4 is 5.32 Å². The van der Waals surface area contributed by atoms with Crippen LogP contribution in [-0.2, 0) is 6.54 Å². The van der Waals surface area contributed by atoms with E-state index >= 15 is 0 Å². The Morgan fingerprint density at radius 3 is 3.06 bits per heavy atom. The fourth-order valence-corrected chi connectivity index (χ4v) is 2.44. The lowest BCUT2D eigenvalue weighted by molar-refractivity contribution is 0.489. The predicted octanol–water partition coefficient (Wildman–Crippen LogP) is 2.95. The van der Waals surface area contributed by atoms with Gasteiger partial charge in [0.1, 0.15) is 0 Å². The maximum Gasteiger partial charge on any atom is 0.284 e. The van der Waals surface area contributed by atoms with Crippen molar-refractivity contribution in [3.63, 3.8) is 0 Å². The van der Waals surface area contributed by atoms with Crippen LogP contribution in [-0.4, -0.2) is 15.2 Å². The minimum atomic E-state index is 0.283. The quantitative estimate of drug-likeness (QED) is 0.712. The molecule has 0 saturated carbocycles. The Morgan fingerprint density at radius 1 is 1.41 bits per heavy atom. The van der Waals surface area contributed by atoms with Gasteiger partial charge in [0.15, 0.2) is 5.13 Å². The molecule has 2 heterocycles. The van der Waals surface area contributed by atoms with Crippen molar-refractivity contribution in [2.45, 2.75) is 6.54 Å². The van der Waals surface area contributed by atoms with Gasteiger partial charge in [-0.2, -0.15) is 0 Å². The van der Waals surface area contributed by atoms with Crippen LogP contribution in [0.25, 0.3) is 10.2 Å². The molecular formula is C10H8N4OS2. The number of anilines is 1. The molecule has 0 aliphatic carbocycles. The van der Waals surface area contributed by atoms with E-state index in [0.717, 1.165) is 15.3 Å². The Labute approximate surface area is 106 Å². The molecule has 7 heteroatoms. The minimum Gasteiger partial charge on any atom is -0.412 e. The van der Waals surface area contributed by atoms with Gasteiger partial charge in [0.05, 0.1) is 16.8 Å². The normalized spacial score (nSPS) is 10.8. The molecule has 2 aromatic heterocycles. The van der Waals surface area contributed by atoms with Crippen molar-refractivity contribution in [3.05, 3.63) is 35.0 Å². The molecule has 0 aliphatic heterocycles. The van der Waals surface area contributed by atoms with Crippen LogP contribution in [0.2, 0.25) is 0 Å². The Balaban J connectivity index is 1.78. The third-order valence-corrected chi connectivity index (χ3v) is 3.34. The number of H-pyrrole nitrogens is 1. The average molecular weight is 264 g/mol. The van der Waals surface area contributed by atoms with Crippen LogP contribution in [0.3, 0.4) is 0 Å².